The van der Waals surface area contributed by atoms with E-state index in [1.54, 1.807) is 0 Å². The molecule has 0 spiro atoms. The number of fused-ring (bicyclic) bond motifs is 4. The average Bonchev–Trinajstić information content (AvgIpc) is 3.28. The monoisotopic (exact) mass is 460 g/mol. The number of aromatic nitrogens is 1. The molecule has 6 aromatic carbocycles. The first-order valence-electron chi connectivity index (χ1n) is 12.3. The van der Waals surface area contributed by atoms with Crippen molar-refractivity contribution >= 4 is 44.0 Å². The second-order valence-corrected chi connectivity index (χ2v) is 9.19. The zero-order chi connectivity index (χ0) is 23.9. The highest BCUT2D eigenvalue weighted by molar-refractivity contribution is 6.09. The van der Waals surface area contributed by atoms with E-state index in [0.717, 1.165) is 17.1 Å². The molecule has 0 aliphatic rings. The quantitative estimate of drug-likeness (QED) is 0.277. The van der Waals surface area contributed by atoms with Crippen molar-refractivity contribution in [1.82, 2.24) is 4.57 Å². The molecule has 1 heterocycles. The lowest BCUT2D eigenvalue weighted by molar-refractivity contribution is 1.18. The largest absolute Gasteiger partial charge is 0.355 e. The van der Waals surface area contributed by atoms with Crippen LogP contribution in [-0.2, 0) is 0 Å². The molecule has 0 unspecified atom stereocenters. The lowest BCUT2D eigenvalue weighted by Crippen LogP contribution is -1.96. The Morgan fingerprint density at radius 3 is 1.83 bits per heavy atom. The standard InChI is InChI=1S/C34H24N2/c1-2-9-24(10-3-1)25-17-18-27-22-29(20-19-26(27)21-25)35-28-11-8-12-30(23-28)36-33-15-6-4-13-31(33)32-14-5-7-16-34(32)36/h1-23,35H. The minimum atomic E-state index is 1.06. The molecule has 170 valence electrons. The van der Waals surface area contributed by atoms with Crippen LogP contribution in [0.15, 0.2) is 140 Å². The maximum atomic E-state index is 3.63. The van der Waals surface area contributed by atoms with Gasteiger partial charge < -0.3 is 9.88 Å². The number of para-hydroxylation sites is 2. The molecule has 0 atom stereocenters. The number of nitrogens with one attached hydrogen (secondary N) is 1. The van der Waals surface area contributed by atoms with Crippen molar-refractivity contribution in [3.8, 4) is 16.8 Å². The lowest BCUT2D eigenvalue weighted by atomic mass is 10.0. The Morgan fingerprint density at radius 2 is 1.06 bits per heavy atom. The summed E-state index contributed by atoms with van der Waals surface area (Å²) < 4.78 is 2.35. The van der Waals surface area contributed by atoms with E-state index >= 15 is 0 Å². The second-order valence-electron chi connectivity index (χ2n) is 9.19. The molecule has 2 nitrogen and oxygen atoms in total. The highest BCUT2D eigenvalue weighted by Crippen LogP contribution is 2.33. The van der Waals surface area contributed by atoms with E-state index < -0.39 is 0 Å². The fourth-order valence-corrected chi connectivity index (χ4v) is 5.22. The summed E-state index contributed by atoms with van der Waals surface area (Å²) in [5, 5.41) is 8.63. The molecule has 36 heavy (non-hydrogen) atoms. The first-order chi connectivity index (χ1) is 17.8. The van der Waals surface area contributed by atoms with Gasteiger partial charge >= 0.3 is 0 Å². The van der Waals surface area contributed by atoms with Gasteiger partial charge in [-0.2, -0.15) is 0 Å². The molecule has 0 aliphatic heterocycles. The smallest absolute Gasteiger partial charge is 0.0541 e. The van der Waals surface area contributed by atoms with E-state index in [4.69, 9.17) is 0 Å². The van der Waals surface area contributed by atoms with E-state index in [-0.39, 0.29) is 0 Å². The lowest BCUT2D eigenvalue weighted by Gasteiger charge is -2.12. The molecule has 0 saturated carbocycles. The van der Waals surface area contributed by atoms with Crippen molar-refractivity contribution in [1.29, 1.82) is 0 Å². The average molecular weight is 461 g/mol. The Balaban J connectivity index is 1.25. The summed E-state index contributed by atoms with van der Waals surface area (Å²) in [5.74, 6) is 0. The van der Waals surface area contributed by atoms with Crippen LogP contribution in [0.3, 0.4) is 0 Å². The van der Waals surface area contributed by atoms with Crippen LogP contribution in [0.4, 0.5) is 11.4 Å². The third-order valence-electron chi connectivity index (χ3n) is 6.92. The Kier molecular flexibility index (Phi) is 4.82. The molecule has 0 bridgehead atoms. The molecular formula is C34H24N2. The predicted octanol–water partition coefficient (Wildman–Crippen LogP) is 9.35. The molecule has 1 aromatic heterocycles. The van der Waals surface area contributed by atoms with Crippen molar-refractivity contribution in [3.63, 3.8) is 0 Å². The summed E-state index contributed by atoms with van der Waals surface area (Å²) >= 11 is 0. The van der Waals surface area contributed by atoms with Gasteiger partial charge in [0.1, 0.15) is 0 Å². The minimum Gasteiger partial charge on any atom is -0.355 e. The van der Waals surface area contributed by atoms with Crippen molar-refractivity contribution in [3.05, 3.63) is 140 Å². The number of hydrogen-bond donors (Lipinski definition) is 1. The van der Waals surface area contributed by atoms with Crippen LogP contribution >= 0.6 is 0 Å². The maximum absolute atomic E-state index is 3.63. The minimum absolute atomic E-state index is 1.06. The Hall–Kier alpha value is -4.82. The van der Waals surface area contributed by atoms with Crippen molar-refractivity contribution < 1.29 is 0 Å². The van der Waals surface area contributed by atoms with Gasteiger partial charge in [0.15, 0.2) is 0 Å². The summed E-state index contributed by atoms with van der Waals surface area (Å²) in [7, 11) is 0. The van der Waals surface area contributed by atoms with E-state index in [1.807, 2.05) is 0 Å². The summed E-state index contributed by atoms with van der Waals surface area (Å²) in [6.45, 7) is 0. The van der Waals surface area contributed by atoms with Gasteiger partial charge in [0.2, 0.25) is 0 Å². The van der Waals surface area contributed by atoms with Crippen LogP contribution < -0.4 is 5.32 Å². The highest BCUT2D eigenvalue weighted by Gasteiger charge is 2.11. The molecule has 2 heteroatoms. The molecule has 0 amide bonds. The molecular weight excluding hydrogens is 436 g/mol. The SMILES string of the molecule is c1ccc(-c2ccc3cc(Nc4cccc(-n5c6ccccc6c6ccccc65)c4)ccc3c2)cc1. The molecule has 0 radical (unpaired) electrons. The van der Waals surface area contributed by atoms with Crippen LogP contribution in [0.5, 0.6) is 0 Å². The number of rotatable bonds is 4. The third-order valence-corrected chi connectivity index (χ3v) is 6.92. The fourth-order valence-electron chi connectivity index (χ4n) is 5.22. The topological polar surface area (TPSA) is 17.0 Å². The molecule has 7 rings (SSSR count). The van der Waals surface area contributed by atoms with Gasteiger partial charge in [0, 0.05) is 27.8 Å². The van der Waals surface area contributed by atoms with Crippen molar-refractivity contribution in [2.24, 2.45) is 0 Å². The Bertz CT molecular complexity index is 1810. The van der Waals surface area contributed by atoms with E-state index in [2.05, 4.69) is 149 Å². The number of hydrogen-bond acceptors (Lipinski definition) is 1. The van der Waals surface area contributed by atoms with Gasteiger partial charge in [-0.1, -0.05) is 91.0 Å². The van der Waals surface area contributed by atoms with E-state index in [1.165, 1.54) is 43.7 Å². The number of nitrogens with zero attached hydrogens (tertiary/aromatic N) is 1. The Morgan fingerprint density at radius 1 is 0.417 bits per heavy atom. The maximum Gasteiger partial charge on any atom is 0.0541 e. The highest BCUT2D eigenvalue weighted by atomic mass is 15.0. The van der Waals surface area contributed by atoms with Crippen molar-refractivity contribution in [2.75, 3.05) is 5.32 Å². The van der Waals surface area contributed by atoms with Gasteiger partial charge in [-0.15, -0.1) is 0 Å². The van der Waals surface area contributed by atoms with E-state index in [9.17, 15) is 0 Å². The Labute approximate surface area is 210 Å². The summed E-state index contributed by atoms with van der Waals surface area (Å²) in [5.41, 5.74) is 8.20. The van der Waals surface area contributed by atoms with Crippen LogP contribution in [0.25, 0.3) is 49.4 Å². The summed E-state index contributed by atoms with van der Waals surface area (Å²) in [6, 6.07) is 49.7. The normalized spacial score (nSPS) is 11.3. The third kappa shape index (κ3) is 3.52. The number of anilines is 2. The van der Waals surface area contributed by atoms with Gasteiger partial charge in [0.05, 0.1) is 11.0 Å². The van der Waals surface area contributed by atoms with Gasteiger partial charge in [0.25, 0.3) is 0 Å². The van der Waals surface area contributed by atoms with Crippen LogP contribution in [0.2, 0.25) is 0 Å². The van der Waals surface area contributed by atoms with Crippen LogP contribution in [0.1, 0.15) is 0 Å². The van der Waals surface area contributed by atoms with Gasteiger partial charge in [-0.3, -0.25) is 0 Å². The first-order valence-corrected chi connectivity index (χ1v) is 12.3. The summed E-state index contributed by atoms with van der Waals surface area (Å²) in [6.07, 6.45) is 0. The van der Waals surface area contributed by atoms with Crippen molar-refractivity contribution in [2.45, 2.75) is 0 Å². The predicted molar refractivity (Wildman–Crippen MR) is 153 cm³/mol. The zero-order valence-electron chi connectivity index (χ0n) is 19.7. The molecule has 7 aromatic rings. The molecule has 0 saturated heterocycles. The summed E-state index contributed by atoms with van der Waals surface area (Å²) in [4.78, 5) is 0. The number of benzene rings is 6. The van der Waals surface area contributed by atoms with E-state index in [0.29, 0.717) is 0 Å². The zero-order valence-corrected chi connectivity index (χ0v) is 19.7. The fraction of sp³-hybridized carbons (Fsp3) is 0. The first kappa shape index (κ1) is 20.5. The van der Waals surface area contributed by atoms with Gasteiger partial charge in [-0.25, -0.2) is 0 Å². The molecule has 0 aliphatic carbocycles. The molecule has 0 fully saturated rings. The van der Waals surface area contributed by atoms with Gasteiger partial charge in [-0.05, 0) is 70.4 Å². The molecule has 1 N–H and O–H groups in total. The second kappa shape index (κ2) is 8.44. The van der Waals surface area contributed by atoms with Crippen LogP contribution in [-0.4, -0.2) is 4.57 Å². The van der Waals surface area contributed by atoms with Crippen LogP contribution in [0, 0.1) is 0 Å².